The fraction of sp³-hybridized carbons (Fsp3) is 0.900. The first kappa shape index (κ1) is 13.4. The number of rotatable bonds is 6. The van der Waals surface area contributed by atoms with E-state index in [-0.39, 0.29) is 24.1 Å². The number of ether oxygens (including phenoxy) is 1. The molecule has 0 aromatic carbocycles. The Hall–Kier alpha value is -0.610. The Labute approximate surface area is 86.2 Å². The normalized spacial score (nSPS) is 13.8. The van der Waals surface area contributed by atoms with E-state index in [1.165, 1.54) is 0 Å². The first-order valence-corrected chi connectivity index (χ1v) is 5.01. The summed E-state index contributed by atoms with van der Waals surface area (Å²) in [5, 5.41) is 2.81. The van der Waals surface area contributed by atoms with E-state index in [0.29, 0.717) is 6.61 Å². The molecule has 3 N–H and O–H groups in total. The molecule has 0 saturated heterocycles. The van der Waals surface area contributed by atoms with Crippen molar-refractivity contribution in [1.29, 1.82) is 0 Å². The van der Waals surface area contributed by atoms with Crippen LogP contribution in [0.5, 0.6) is 0 Å². The molecule has 0 heterocycles. The van der Waals surface area contributed by atoms with Crippen LogP contribution in [0, 0.1) is 0 Å². The molecular formula is C10H22N2O2. The van der Waals surface area contributed by atoms with Crippen LogP contribution >= 0.6 is 0 Å². The van der Waals surface area contributed by atoms with Crippen molar-refractivity contribution in [3.8, 4) is 0 Å². The van der Waals surface area contributed by atoms with Crippen LogP contribution in [0.2, 0.25) is 0 Å². The van der Waals surface area contributed by atoms with Gasteiger partial charge in [0, 0.05) is 11.6 Å². The summed E-state index contributed by atoms with van der Waals surface area (Å²) in [5.41, 5.74) is 5.31. The minimum absolute atomic E-state index is 0.0800. The second-order valence-electron chi connectivity index (χ2n) is 4.36. The summed E-state index contributed by atoms with van der Waals surface area (Å²) >= 11 is 0. The zero-order valence-corrected chi connectivity index (χ0v) is 9.59. The molecule has 1 unspecified atom stereocenters. The molecule has 0 bridgehead atoms. The fourth-order valence-corrected chi connectivity index (χ4v) is 0.825. The van der Waals surface area contributed by atoms with Gasteiger partial charge in [0.05, 0.1) is 6.61 Å². The summed E-state index contributed by atoms with van der Waals surface area (Å²) in [7, 11) is 0. The van der Waals surface area contributed by atoms with Crippen LogP contribution in [-0.4, -0.2) is 30.7 Å². The minimum Gasteiger partial charge on any atom is -0.370 e. The molecule has 0 radical (unpaired) electrons. The summed E-state index contributed by atoms with van der Waals surface area (Å²) in [6.45, 7) is 8.19. The zero-order valence-electron chi connectivity index (χ0n) is 9.59. The van der Waals surface area contributed by atoms with Crippen molar-refractivity contribution < 1.29 is 9.53 Å². The third-order valence-electron chi connectivity index (χ3n) is 1.73. The van der Waals surface area contributed by atoms with Crippen LogP contribution < -0.4 is 11.1 Å². The van der Waals surface area contributed by atoms with Gasteiger partial charge in [-0.2, -0.15) is 0 Å². The maximum absolute atomic E-state index is 11.2. The van der Waals surface area contributed by atoms with E-state index in [9.17, 15) is 4.79 Å². The fourth-order valence-electron chi connectivity index (χ4n) is 0.825. The van der Waals surface area contributed by atoms with Gasteiger partial charge in [0.2, 0.25) is 5.91 Å². The Morgan fingerprint density at radius 1 is 1.57 bits per heavy atom. The summed E-state index contributed by atoms with van der Waals surface area (Å²) < 4.78 is 5.17. The van der Waals surface area contributed by atoms with Gasteiger partial charge >= 0.3 is 0 Å². The Bertz CT molecular complexity index is 175. The van der Waals surface area contributed by atoms with Crippen molar-refractivity contribution in [2.24, 2.45) is 5.73 Å². The highest BCUT2D eigenvalue weighted by molar-refractivity contribution is 5.77. The maximum Gasteiger partial charge on any atom is 0.246 e. The van der Waals surface area contributed by atoms with Crippen LogP contribution in [0.25, 0.3) is 0 Å². The predicted molar refractivity (Wildman–Crippen MR) is 57.0 cm³/mol. The SMILES string of the molecule is CCC(C)NC(=O)COCC(C)(C)N. The van der Waals surface area contributed by atoms with E-state index in [1.807, 2.05) is 27.7 Å². The monoisotopic (exact) mass is 202 g/mol. The average molecular weight is 202 g/mol. The number of amides is 1. The lowest BCUT2D eigenvalue weighted by Gasteiger charge is -2.18. The van der Waals surface area contributed by atoms with Crippen LogP contribution in [0.1, 0.15) is 34.1 Å². The zero-order chi connectivity index (χ0) is 11.2. The molecule has 4 nitrogen and oxygen atoms in total. The van der Waals surface area contributed by atoms with Gasteiger partial charge < -0.3 is 15.8 Å². The Morgan fingerprint density at radius 2 is 2.14 bits per heavy atom. The third-order valence-corrected chi connectivity index (χ3v) is 1.73. The minimum atomic E-state index is -0.378. The molecule has 1 amide bonds. The molecule has 0 spiro atoms. The number of nitrogens with two attached hydrogens (primary N) is 1. The number of carbonyl (C=O) groups is 1. The highest BCUT2D eigenvalue weighted by Gasteiger charge is 2.12. The number of nitrogens with one attached hydrogen (secondary N) is 1. The van der Waals surface area contributed by atoms with Crippen LogP contribution in [0.4, 0.5) is 0 Å². The van der Waals surface area contributed by atoms with E-state index in [0.717, 1.165) is 6.42 Å². The molecule has 4 heteroatoms. The van der Waals surface area contributed by atoms with Gasteiger partial charge in [-0.15, -0.1) is 0 Å². The van der Waals surface area contributed by atoms with E-state index in [2.05, 4.69) is 5.32 Å². The molecule has 0 aliphatic heterocycles. The van der Waals surface area contributed by atoms with Gasteiger partial charge in [0.15, 0.2) is 0 Å². The molecule has 0 aromatic heterocycles. The molecule has 0 aliphatic carbocycles. The van der Waals surface area contributed by atoms with Gasteiger partial charge in [-0.25, -0.2) is 0 Å². The van der Waals surface area contributed by atoms with E-state index in [4.69, 9.17) is 10.5 Å². The molecular weight excluding hydrogens is 180 g/mol. The third kappa shape index (κ3) is 8.01. The smallest absolute Gasteiger partial charge is 0.246 e. The summed E-state index contributed by atoms with van der Waals surface area (Å²) in [6.07, 6.45) is 0.925. The molecule has 0 aromatic rings. The van der Waals surface area contributed by atoms with Crippen molar-refractivity contribution in [3.05, 3.63) is 0 Å². The van der Waals surface area contributed by atoms with Crippen LogP contribution in [0.15, 0.2) is 0 Å². The quantitative estimate of drug-likeness (QED) is 0.665. The van der Waals surface area contributed by atoms with E-state index < -0.39 is 0 Å². The van der Waals surface area contributed by atoms with Gasteiger partial charge in [-0.05, 0) is 27.2 Å². The first-order chi connectivity index (χ1) is 6.35. The topological polar surface area (TPSA) is 64.3 Å². The molecule has 14 heavy (non-hydrogen) atoms. The highest BCUT2D eigenvalue weighted by Crippen LogP contribution is 1.96. The lowest BCUT2D eigenvalue weighted by atomic mass is 10.1. The molecule has 0 fully saturated rings. The standard InChI is InChI=1S/C10H22N2O2/c1-5-8(2)12-9(13)6-14-7-10(3,4)11/h8H,5-7,11H2,1-4H3,(H,12,13). The molecule has 0 saturated carbocycles. The second kappa shape index (κ2) is 5.98. The highest BCUT2D eigenvalue weighted by atomic mass is 16.5. The van der Waals surface area contributed by atoms with Crippen molar-refractivity contribution in [2.75, 3.05) is 13.2 Å². The second-order valence-corrected chi connectivity index (χ2v) is 4.36. The van der Waals surface area contributed by atoms with Gasteiger partial charge in [-0.1, -0.05) is 6.92 Å². The van der Waals surface area contributed by atoms with Crippen molar-refractivity contribution >= 4 is 5.91 Å². The number of hydrogen-bond acceptors (Lipinski definition) is 3. The van der Waals surface area contributed by atoms with Crippen LogP contribution in [-0.2, 0) is 9.53 Å². The summed E-state index contributed by atoms with van der Waals surface area (Å²) in [4.78, 5) is 11.2. The lowest BCUT2D eigenvalue weighted by Crippen LogP contribution is -2.40. The molecule has 84 valence electrons. The largest absolute Gasteiger partial charge is 0.370 e. The average Bonchev–Trinajstić information content (AvgIpc) is 2.01. The first-order valence-electron chi connectivity index (χ1n) is 5.01. The Kier molecular flexibility index (Phi) is 5.72. The summed E-state index contributed by atoms with van der Waals surface area (Å²) in [5.74, 6) is -0.0800. The van der Waals surface area contributed by atoms with Crippen molar-refractivity contribution in [2.45, 2.75) is 45.7 Å². The number of carbonyl (C=O) groups excluding carboxylic acids is 1. The van der Waals surface area contributed by atoms with Crippen molar-refractivity contribution in [1.82, 2.24) is 5.32 Å². The lowest BCUT2D eigenvalue weighted by molar-refractivity contribution is -0.126. The van der Waals surface area contributed by atoms with Crippen LogP contribution in [0.3, 0.4) is 0 Å². The molecule has 0 aliphatic rings. The van der Waals surface area contributed by atoms with Gasteiger partial charge in [0.1, 0.15) is 6.61 Å². The van der Waals surface area contributed by atoms with E-state index in [1.54, 1.807) is 0 Å². The Morgan fingerprint density at radius 3 is 2.57 bits per heavy atom. The Balaban J connectivity index is 3.55. The summed E-state index contributed by atoms with van der Waals surface area (Å²) in [6, 6.07) is 0.206. The van der Waals surface area contributed by atoms with Gasteiger partial charge in [-0.3, -0.25) is 4.79 Å². The van der Waals surface area contributed by atoms with Crippen molar-refractivity contribution in [3.63, 3.8) is 0 Å². The number of hydrogen-bond donors (Lipinski definition) is 2. The molecule has 0 rings (SSSR count). The molecule has 1 atom stereocenters. The predicted octanol–water partition coefficient (Wildman–Crippen LogP) is 0.655. The maximum atomic E-state index is 11.2. The van der Waals surface area contributed by atoms with Gasteiger partial charge in [0.25, 0.3) is 0 Å². The van der Waals surface area contributed by atoms with E-state index >= 15 is 0 Å².